The predicted octanol–water partition coefficient (Wildman–Crippen LogP) is 1.39. The molecule has 0 bridgehead atoms. The van der Waals surface area contributed by atoms with E-state index in [1.165, 1.54) is 25.3 Å². The number of sulfonamides is 1. The molecule has 0 saturated carbocycles. The van der Waals surface area contributed by atoms with Crippen molar-refractivity contribution in [1.29, 1.82) is 0 Å². The van der Waals surface area contributed by atoms with Gasteiger partial charge in [-0.05, 0) is 32.0 Å². The molecular formula is C15H19N3O4S2. The lowest BCUT2D eigenvalue weighted by molar-refractivity contribution is 0.0951. The number of primary sulfonamides is 1. The third-order valence-corrected chi connectivity index (χ3v) is 5.48. The Balaban J connectivity index is 2.10. The average Bonchev–Trinajstić information content (AvgIpc) is 2.84. The Labute approximate surface area is 144 Å². The van der Waals surface area contributed by atoms with Crippen molar-refractivity contribution in [2.75, 3.05) is 13.7 Å². The van der Waals surface area contributed by atoms with Crippen molar-refractivity contribution >= 4 is 27.3 Å². The quantitative estimate of drug-likeness (QED) is 0.799. The van der Waals surface area contributed by atoms with Gasteiger partial charge in [-0.1, -0.05) is 0 Å². The van der Waals surface area contributed by atoms with Crippen LogP contribution in [0.1, 0.15) is 25.9 Å². The Morgan fingerprint density at radius 3 is 2.62 bits per heavy atom. The number of amides is 1. The zero-order valence-electron chi connectivity index (χ0n) is 13.6. The molecule has 2 aromatic rings. The molecule has 0 radical (unpaired) electrons. The minimum Gasteiger partial charge on any atom is -0.496 e. The highest BCUT2D eigenvalue weighted by molar-refractivity contribution is 7.89. The molecule has 0 spiro atoms. The van der Waals surface area contributed by atoms with E-state index in [1.807, 2.05) is 13.8 Å². The van der Waals surface area contributed by atoms with E-state index in [1.54, 1.807) is 11.3 Å². The Hall–Kier alpha value is -1.97. The Kier molecular flexibility index (Phi) is 5.58. The Morgan fingerprint density at radius 1 is 1.38 bits per heavy atom. The summed E-state index contributed by atoms with van der Waals surface area (Å²) in [6.07, 6.45) is 0.599. The highest BCUT2D eigenvalue weighted by Gasteiger charge is 2.17. The topological polar surface area (TPSA) is 111 Å². The molecule has 0 saturated heterocycles. The number of nitrogens with zero attached hydrogens (tertiary/aromatic N) is 1. The van der Waals surface area contributed by atoms with Gasteiger partial charge >= 0.3 is 0 Å². The van der Waals surface area contributed by atoms with Gasteiger partial charge in [0, 0.05) is 17.8 Å². The monoisotopic (exact) mass is 369 g/mol. The number of nitrogens with one attached hydrogen (secondary N) is 1. The average molecular weight is 369 g/mol. The molecular weight excluding hydrogens is 350 g/mol. The van der Waals surface area contributed by atoms with Crippen molar-refractivity contribution in [3.8, 4) is 5.75 Å². The summed E-state index contributed by atoms with van der Waals surface area (Å²) >= 11 is 1.59. The van der Waals surface area contributed by atoms with Crippen molar-refractivity contribution < 1.29 is 17.9 Å². The largest absolute Gasteiger partial charge is 0.496 e. The zero-order valence-corrected chi connectivity index (χ0v) is 15.3. The molecule has 7 nitrogen and oxygen atoms in total. The van der Waals surface area contributed by atoms with Crippen molar-refractivity contribution in [1.82, 2.24) is 10.3 Å². The summed E-state index contributed by atoms with van der Waals surface area (Å²) in [5.74, 6) is -0.150. The van der Waals surface area contributed by atoms with Gasteiger partial charge in [-0.25, -0.2) is 18.5 Å². The molecule has 1 amide bonds. The third kappa shape index (κ3) is 4.31. The smallest absolute Gasteiger partial charge is 0.255 e. The van der Waals surface area contributed by atoms with Crippen LogP contribution in [-0.4, -0.2) is 33.0 Å². The molecule has 9 heteroatoms. The second kappa shape index (κ2) is 7.29. The number of hydrogen-bond donors (Lipinski definition) is 2. The third-order valence-electron chi connectivity index (χ3n) is 3.44. The van der Waals surface area contributed by atoms with E-state index in [2.05, 4.69) is 10.3 Å². The number of nitrogens with two attached hydrogens (primary N) is 1. The fraction of sp³-hybridized carbons (Fsp3) is 0.333. The van der Waals surface area contributed by atoms with Crippen LogP contribution >= 0.6 is 11.3 Å². The zero-order chi connectivity index (χ0) is 17.9. The maximum atomic E-state index is 12.3. The first kappa shape index (κ1) is 18.4. The van der Waals surface area contributed by atoms with Crippen molar-refractivity contribution in [3.63, 3.8) is 0 Å². The summed E-state index contributed by atoms with van der Waals surface area (Å²) in [5, 5.41) is 8.78. The number of methoxy groups -OCH3 is 1. The number of benzene rings is 1. The highest BCUT2D eigenvalue weighted by atomic mass is 32.2. The number of rotatable bonds is 6. The Bertz CT molecular complexity index is 840. The highest BCUT2D eigenvalue weighted by Crippen LogP contribution is 2.22. The summed E-state index contributed by atoms with van der Waals surface area (Å²) in [4.78, 5) is 17.7. The van der Waals surface area contributed by atoms with Crippen LogP contribution < -0.4 is 15.2 Å². The fourth-order valence-electron chi connectivity index (χ4n) is 2.07. The van der Waals surface area contributed by atoms with Crippen LogP contribution in [0, 0.1) is 13.8 Å². The molecule has 0 atom stereocenters. The number of carbonyl (C=O) groups is 1. The van der Waals surface area contributed by atoms with Gasteiger partial charge < -0.3 is 10.1 Å². The van der Waals surface area contributed by atoms with Gasteiger partial charge in [-0.3, -0.25) is 4.79 Å². The van der Waals surface area contributed by atoms with E-state index in [-0.39, 0.29) is 16.2 Å². The molecule has 0 aliphatic rings. The maximum Gasteiger partial charge on any atom is 0.255 e. The first-order chi connectivity index (χ1) is 11.2. The number of carbonyl (C=O) groups excluding carboxylic acids is 1. The van der Waals surface area contributed by atoms with Gasteiger partial charge in [-0.2, -0.15) is 0 Å². The fourth-order valence-corrected chi connectivity index (χ4v) is 3.54. The lowest BCUT2D eigenvalue weighted by Crippen LogP contribution is -2.26. The van der Waals surface area contributed by atoms with Crippen LogP contribution in [0.3, 0.4) is 0 Å². The van der Waals surface area contributed by atoms with Gasteiger partial charge in [0.15, 0.2) is 0 Å². The second-order valence-corrected chi connectivity index (χ2v) is 8.01. The van der Waals surface area contributed by atoms with Gasteiger partial charge in [-0.15, -0.1) is 11.3 Å². The van der Waals surface area contributed by atoms with Crippen LogP contribution in [-0.2, 0) is 16.4 Å². The molecule has 1 heterocycles. The number of aromatic nitrogens is 1. The second-order valence-electron chi connectivity index (χ2n) is 5.16. The number of thiazole rings is 1. The lowest BCUT2D eigenvalue weighted by Gasteiger charge is -2.10. The summed E-state index contributed by atoms with van der Waals surface area (Å²) in [5.41, 5.74) is 1.11. The van der Waals surface area contributed by atoms with Gasteiger partial charge in [0.2, 0.25) is 10.0 Å². The predicted molar refractivity (Wildman–Crippen MR) is 92.0 cm³/mol. The summed E-state index contributed by atoms with van der Waals surface area (Å²) in [6, 6.07) is 3.91. The van der Waals surface area contributed by atoms with E-state index in [9.17, 15) is 13.2 Å². The summed E-state index contributed by atoms with van der Waals surface area (Å²) < 4.78 is 28.0. The van der Waals surface area contributed by atoms with Crippen LogP contribution in [0.15, 0.2) is 23.1 Å². The molecule has 0 unspecified atom stereocenters. The Morgan fingerprint density at radius 2 is 2.08 bits per heavy atom. The molecule has 2 rings (SSSR count). The van der Waals surface area contributed by atoms with Gasteiger partial charge in [0.05, 0.1) is 28.3 Å². The molecule has 0 fully saturated rings. The van der Waals surface area contributed by atoms with E-state index in [0.717, 1.165) is 15.6 Å². The van der Waals surface area contributed by atoms with E-state index < -0.39 is 15.9 Å². The van der Waals surface area contributed by atoms with Gasteiger partial charge in [0.1, 0.15) is 5.75 Å². The lowest BCUT2D eigenvalue weighted by atomic mass is 10.2. The maximum absolute atomic E-state index is 12.3. The van der Waals surface area contributed by atoms with E-state index in [4.69, 9.17) is 9.88 Å². The molecule has 24 heavy (non-hydrogen) atoms. The van der Waals surface area contributed by atoms with Crippen LogP contribution in [0.5, 0.6) is 5.75 Å². The normalized spacial score (nSPS) is 11.3. The standard InChI is InChI=1S/C15H19N3O4S2/c1-9-10(2)23-14(18-9)6-7-17-15(19)12-8-11(24(16,20)21)4-5-13(12)22-3/h4-5,8H,6-7H2,1-3H3,(H,17,19)(H2,16,20,21). The number of ether oxygens (including phenoxy) is 1. The first-order valence-corrected chi connectivity index (χ1v) is 9.50. The van der Waals surface area contributed by atoms with E-state index >= 15 is 0 Å². The van der Waals surface area contributed by atoms with Gasteiger partial charge in [0.25, 0.3) is 5.91 Å². The summed E-state index contributed by atoms with van der Waals surface area (Å²) in [7, 11) is -2.49. The SMILES string of the molecule is COc1ccc(S(N)(=O)=O)cc1C(=O)NCCc1nc(C)c(C)s1. The first-order valence-electron chi connectivity index (χ1n) is 7.14. The molecule has 0 aliphatic heterocycles. The molecule has 0 aliphatic carbocycles. The minimum absolute atomic E-state index is 0.121. The number of aryl methyl sites for hydroxylation is 2. The van der Waals surface area contributed by atoms with Crippen LogP contribution in [0.4, 0.5) is 0 Å². The molecule has 1 aromatic carbocycles. The minimum atomic E-state index is -3.89. The molecule has 130 valence electrons. The van der Waals surface area contributed by atoms with Crippen LogP contribution in [0.2, 0.25) is 0 Å². The molecule has 3 N–H and O–H groups in total. The van der Waals surface area contributed by atoms with E-state index in [0.29, 0.717) is 13.0 Å². The van der Waals surface area contributed by atoms with Crippen molar-refractivity contribution in [2.24, 2.45) is 5.14 Å². The van der Waals surface area contributed by atoms with Crippen molar-refractivity contribution in [2.45, 2.75) is 25.2 Å². The summed E-state index contributed by atoms with van der Waals surface area (Å²) in [6.45, 7) is 4.32. The number of hydrogen-bond acceptors (Lipinski definition) is 6. The van der Waals surface area contributed by atoms with Crippen LogP contribution in [0.25, 0.3) is 0 Å². The molecule has 1 aromatic heterocycles. The van der Waals surface area contributed by atoms with Crippen molar-refractivity contribution in [3.05, 3.63) is 39.3 Å².